The van der Waals surface area contributed by atoms with E-state index in [1.807, 2.05) is 19.9 Å². The first-order chi connectivity index (χ1) is 18.0. The van der Waals surface area contributed by atoms with Crippen molar-refractivity contribution in [1.29, 1.82) is 0 Å². The summed E-state index contributed by atoms with van der Waals surface area (Å²) in [6.45, 7) is 41.5. The van der Waals surface area contributed by atoms with Gasteiger partial charge in [-0.15, -0.1) is 13.2 Å². The van der Waals surface area contributed by atoms with Crippen molar-refractivity contribution in [3.8, 4) is 0 Å². The second-order valence-corrected chi connectivity index (χ2v) is 10.0. The molecule has 0 spiro atoms. The fraction of sp³-hybridized carbons (Fsp3) is 0.605. The normalized spacial score (nSPS) is 9.18. The van der Waals surface area contributed by atoms with Crippen molar-refractivity contribution in [3.05, 3.63) is 84.8 Å². The summed E-state index contributed by atoms with van der Waals surface area (Å²) in [7, 11) is 0. The van der Waals surface area contributed by atoms with Crippen molar-refractivity contribution in [2.75, 3.05) is 0 Å². The molecule has 0 aliphatic heterocycles. The molecule has 0 bridgehead atoms. The molecule has 227 valence electrons. The molecule has 0 heterocycles. The van der Waals surface area contributed by atoms with Crippen molar-refractivity contribution < 1.29 is 32.7 Å². The summed E-state index contributed by atoms with van der Waals surface area (Å²) >= 11 is 0. The smallest absolute Gasteiger partial charge is 0 e. The largest absolute Gasteiger partial charge is 0.343 e. The van der Waals surface area contributed by atoms with E-state index < -0.39 is 0 Å². The van der Waals surface area contributed by atoms with Crippen LogP contribution >= 0.6 is 0 Å². The van der Waals surface area contributed by atoms with Crippen molar-refractivity contribution in [1.82, 2.24) is 0 Å². The summed E-state index contributed by atoms with van der Waals surface area (Å²) < 4.78 is 0. The average Bonchev–Trinajstić information content (AvgIpc) is 2.89. The molecule has 39 heavy (non-hydrogen) atoms. The Hall–Kier alpha value is -0.716. The number of rotatable bonds is 10. The molecule has 1 heteroatoms. The average molecular weight is 617 g/mol. The van der Waals surface area contributed by atoms with Crippen LogP contribution in [0.1, 0.15) is 152 Å². The van der Waals surface area contributed by atoms with Crippen molar-refractivity contribution in [3.63, 3.8) is 0 Å². The number of hydrogen-bond donors (Lipinski definition) is 0. The quantitative estimate of drug-likeness (QED) is 0.106. The van der Waals surface area contributed by atoms with E-state index >= 15 is 0 Å². The SMILES string of the molecule is C=C.C=C(C=C(C)C)c1ccccc1C.CC.CC(C)=C(C)C.CCC.[CH2-]CCCCCC(CC)CCC.[Y]. The molecular formula is C38H71Y-. The van der Waals surface area contributed by atoms with Crippen LogP contribution in [0.3, 0.4) is 0 Å². The Balaban J connectivity index is -0.0000000964. The molecule has 1 atom stereocenters. The summed E-state index contributed by atoms with van der Waals surface area (Å²) in [6, 6.07) is 8.32. The van der Waals surface area contributed by atoms with E-state index in [1.54, 1.807) is 0 Å². The van der Waals surface area contributed by atoms with Gasteiger partial charge in [0.25, 0.3) is 0 Å². The van der Waals surface area contributed by atoms with E-state index in [0.29, 0.717) is 0 Å². The number of benzene rings is 1. The third kappa shape index (κ3) is 41.9. The number of hydrogen-bond acceptors (Lipinski definition) is 0. The summed E-state index contributed by atoms with van der Waals surface area (Å²) in [5, 5.41) is 0. The number of aryl methyl sites for hydroxylation is 1. The van der Waals surface area contributed by atoms with E-state index in [0.717, 1.165) is 17.9 Å². The molecule has 0 aromatic heterocycles. The molecule has 0 nitrogen and oxygen atoms in total. The molecule has 0 N–H and O–H groups in total. The van der Waals surface area contributed by atoms with Crippen LogP contribution < -0.4 is 0 Å². The van der Waals surface area contributed by atoms with Gasteiger partial charge in [0.2, 0.25) is 0 Å². The van der Waals surface area contributed by atoms with Crippen LogP contribution in [-0.4, -0.2) is 0 Å². The Labute approximate surface area is 275 Å². The summed E-state index contributed by atoms with van der Waals surface area (Å²) in [5.74, 6) is 1.000. The maximum atomic E-state index is 4.05. The van der Waals surface area contributed by atoms with E-state index in [1.165, 1.54) is 79.2 Å². The zero-order chi connectivity index (χ0) is 30.9. The van der Waals surface area contributed by atoms with Gasteiger partial charge in [0, 0.05) is 32.7 Å². The fourth-order valence-electron chi connectivity index (χ4n) is 3.11. The zero-order valence-corrected chi connectivity index (χ0v) is 32.1. The van der Waals surface area contributed by atoms with Crippen LogP contribution in [0.25, 0.3) is 5.57 Å². The maximum absolute atomic E-state index is 4.05. The van der Waals surface area contributed by atoms with Gasteiger partial charge < -0.3 is 6.92 Å². The minimum Gasteiger partial charge on any atom is -0.343 e. The first-order valence-corrected chi connectivity index (χ1v) is 15.3. The van der Waals surface area contributed by atoms with Crippen LogP contribution in [0, 0.1) is 19.8 Å². The van der Waals surface area contributed by atoms with Gasteiger partial charge in [0.05, 0.1) is 0 Å². The third-order valence-corrected chi connectivity index (χ3v) is 5.59. The van der Waals surface area contributed by atoms with Gasteiger partial charge in [-0.25, -0.2) is 0 Å². The molecule has 0 saturated heterocycles. The third-order valence-electron chi connectivity index (χ3n) is 5.59. The second-order valence-electron chi connectivity index (χ2n) is 10.0. The van der Waals surface area contributed by atoms with E-state index in [-0.39, 0.29) is 32.7 Å². The van der Waals surface area contributed by atoms with Crippen LogP contribution in [0.15, 0.2) is 66.8 Å². The molecule has 0 aliphatic rings. The molecule has 1 rings (SSSR count). The topological polar surface area (TPSA) is 0 Å². The van der Waals surface area contributed by atoms with E-state index in [9.17, 15) is 0 Å². The van der Waals surface area contributed by atoms with Gasteiger partial charge in [-0.3, -0.25) is 0 Å². The number of unbranched alkanes of at least 4 members (excludes halogenated alkanes) is 3. The summed E-state index contributed by atoms with van der Waals surface area (Å²) in [4.78, 5) is 0. The zero-order valence-electron chi connectivity index (χ0n) is 29.2. The molecule has 1 aromatic rings. The van der Waals surface area contributed by atoms with Crippen molar-refractivity contribution >= 4 is 5.57 Å². The van der Waals surface area contributed by atoms with Gasteiger partial charge >= 0.3 is 0 Å². The molecular weight excluding hydrogens is 545 g/mol. The van der Waals surface area contributed by atoms with Gasteiger partial charge in [-0.1, -0.05) is 147 Å². The Kier molecular flexibility index (Phi) is 54.7. The van der Waals surface area contributed by atoms with Crippen molar-refractivity contribution in [2.45, 2.75) is 148 Å². The second kappa shape index (κ2) is 41.8. The molecule has 1 aromatic carbocycles. The predicted octanol–water partition coefficient (Wildman–Crippen LogP) is 14.2. The molecule has 0 aliphatic carbocycles. The van der Waals surface area contributed by atoms with Crippen LogP contribution in [0.5, 0.6) is 0 Å². The van der Waals surface area contributed by atoms with Gasteiger partial charge in [-0.05, 0) is 71.1 Å². The fourth-order valence-corrected chi connectivity index (χ4v) is 3.11. The molecule has 1 unspecified atom stereocenters. The summed E-state index contributed by atoms with van der Waals surface area (Å²) in [6.07, 6.45) is 14.2. The van der Waals surface area contributed by atoms with Crippen LogP contribution in [0.4, 0.5) is 0 Å². The Bertz CT molecular complexity index is 656. The van der Waals surface area contributed by atoms with E-state index in [2.05, 4.69) is 127 Å². The Morgan fingerprint density at radius 2 is 1.28 bits per heavy atom. The first-order valence-electron chi connectivity index (χ1n) is 15.3. The maximum Gasteiger partial charge on any atom is 0 e. The predicted molar refractivity (Wildman–Crippen MR) is 185 cm³/mol. The minimum absolute atomic E-state index is 0. The molecule has 0 fully saturated rings. The van der Waals surface area contributed by atoms with Crippen molar-refractivity contribution in [2.24, 2.45) is 5.92 Å². The first kappa shape index (κ1) is 51.1. The van der Waals surface area contributed by atoms with Gasteiger partial charge in [0.1, 0.15) is 0 Å². The molecule has 1 radical (unpaired) electrons. The summed E-state index contributed by atoms with van der Waals surface area (Å²) in [5.41, 5.74) is 7.75. The monoisotopic (exact) mass is 616 g/mol. The van der Waals surface area contributed by atoms with Gasteiger partial charge in [0.15, 0.2) is 0 Å². The Morgan fingerprint density at radius 3 is 1.62 bits per heavy atom. The van der Waals surface area contributed by atoms with E-state index in [4.69, 9.17) is 0 Å². The number of allylic oxidation sites excluding steroid dienone is 5. The standard InChI is InChI=1S/C13H16.C12H25.C6H12.C3H8.C2H6.C2H4.Y/c1-10(2)9-12(4)13-8-6-5-7-11(13)3;1-4-7-8-9-11-12(6-3)10-5-2;1-5(2)6(3)4;1-3-2;2*1-2;/h5-9H,4H2,1-3H3;12H,1,4-11H2,2-3H3;1-4H3;3H2,1-2H3;1-2H3;1-2H2;/q;-1;;;;;. The Morgan fingerprint density at radius 1 is 0.821 bits per heavy atom. The van der Waals surface area contributed by atoms with Crippen LogP contribution in [0.2, 0.25) is 0 Å². The van der Waals surface area contributed by atoms with Crippen LogP contribution in [-0.2, 0) is 32.7 Å². The van der Waals surface area contributed by atoms with Gasteiger partial charge in [-0.2, -0.15) is 6.42 Å². The molecule has 0 amide bonds. The minimum atomic E-state index is 0. The molecule has 0 saturated carbocycles.